The summed E-state index contributed by atoms with van der Waals surface area (Å²) < 4.78 is 39.3. The predicted molar refractivity (Wildman–Crippen MR) is 42.6 cm³/mol. The molecule has 0 radical (unpaired) electrons. The van der Waals surface area contributed by atoms with Crippen LogP contribution in [0.15, 0.2) is 18.2 Å². The van der Waals surface area contributed by atoms with Gasteiger partial charge in [-0.15, -0.1) is 13.2 Å². The number of rotatable bonds is 1. The minimum atomic E-state index is -4.61. The normalized spacial score (nSPS) is 11.5. The van der Waals surface area contributed by atoms with Crippen molar-refractivity contribution in [2.75, 3.05) is 0 Å². The second-order valence-corrected chi connectivity index (χ2v) is 2.75. The zero-order valence-corrected chi connectivity index (χ0v) is 7.27. The Balaban J connectivity index is 2.96. The van der Waals surface area contributed by atoms with Crippen LogP contribution >= 0.6 is 0 Å². The van der Waals surface area contributed by atoms with Gasteiger partial charge in [0, 0.05) is 0 Å². The molecule has 0 unspecified atom stereocenters. The number of hydrogen-bond acceptors (Lipinski definition) is 1. The zero-order chi connectivity index (χ0) is 10.1. The van der Waals surface area contributed by atoms with Gasteiger partial charge in [-0.25, -0.2) is 0 Å². The molecule has 0 heterocycles. The number of benzene rings is 1. The van der Waals surface area contributed by atoms with Crippen molar-refractivity contribution in [3.63, 3.8) is 0 Å². The molecule has 1 nitrogen and oxygen atoms in total. The van der Waals surface area contributed by atoms with Crippen LogP contribution in [0.25, 0.3) is 0 Å². The number of hydrogen-bond donors (Lipinski definition) is 0. The van der Waals surface area contributed by atoms with Gasteiger partial charge in [0.05, 0.1) is 0 Å². The maximum atomic E-state index is 11.8. The van der Waals surface area contributed by atoms with Gasteiger partial charge >= 0.3 is 6.36 Å². The lowest BCUT2D eigenvalue weighted by atomic mass is 10.1. The first-order chi connectivity index (χ1) is 5.90. The zero-order valence-electron chi connectivity index (χ0n) is 7.27. The summed E-state index contributed by atoms with van der Waals surface area (Å²) in [6, 6.07) is 4.57. The van der Waals surface area contributed by atoms with Crippen molar-refractivity contribution in [1.29, 1.82) is 0 Å². The molecule has 13 heavy (non-hydrogen) atoms. The lowest BCUT2D eigenvalue weighted by molar-refractivity contribution is -0.274. The summed E-state index contributed by atoms with van der Waals surface area (Å²) in [5.41, 5.74) is 1.29. The van der Waals surface area contributed by atoms with Crippen LogP contribution in [0.1, 0.15) is 11.1 Å². The summed E-state index contributed by atoms with van der Waals surface area (Å²) in [7, 11) is 0. The highest BCUT2D eigenvalue weighted by molar-refractivity contribution is 5.38. The molecule has 4 heteroatoms. The Morgan fingerprint density at radius 2 is 1.77 bits per heavy atom. The van der Waals surface area contributed by atoms with Crippen molar-refractivity contribution in [2.24, 2.45) is 0 Å². The van der Waals surface area contributed by atoms with E-state index in [-0.39, 0.29) is 5.75 Å². The summed E-state index contributed by atoms with van der Waals surface area (Å²) in [6.45, 7) is 3.33. The third kappa shape index (κ3) is 2.65. The molecule has 0 bridgehead atoms. The van der Waals surface area contributed by atoms with Crippen LogP contribution in [-0.2, 0) is 0 Å². The quantitative estimate of drug-likeness (QED) is 0.660. The summed E-state index contributed by atoms with van der Waals surface area (Å²) in [4.78, 5) is 0. The van der Waals surface area contributed by atoms with Gasteiger partial charge in [-0.2, -0.15) is 0 Å². The minimum Gasteiger partial charge on any atom is -0.406 e. The molecule has 0 aliphatic heterocycles. The molecule has 0 atom stereocenters. The van der Waals surface area contributed by atoms with E-state index in [1.807, 2.05) is 0 Å². The van der Waals surface area contributed by atoms with E-state index in [0.29, 0.717) is 5.56 Å². The van der Waals surface area contributed by atoms with Gasteiger partial charge in [0.1, 0.15) is 5.75 Å². The molecule has 1 rings (SSSR count). The maximum Gasteiger partial charge on any atom is 0.573 e. The van der Waals surface area contributed by atoms with Crippen molar-refractivity contribution in [3.05, 3.63) is 29.3 Å². The van der Waals surface area contributed by atoms with Gasteiger partial charge in [0.2, 0.25) is 0 Å². The standard InChI is InChI=1S/C9H9F3O/c1-6-4-3-5-8(7(6)2)13-9(10,11)12/h3-5H,1-2H3. The van der Waals surface area contributed by atoms with E-state index >= 15 is 0 Å². The van der Waals surface area contributed by atoms with E-state index < -0.39 is 6.36 Å². The maximum absolute atomic E-state index is 11.8. The largest absolute Gasteiger partial charge is 0.573 e. The smallest absolute Gasteiger partial charge is 0.406 e. The average Bonchev–Trinajstić information content (AvgIpc) is 1.96. The van der Waals surface area contributed by atoms with Crippen molar-refractivity contribution in [1.82, 2.24) is 0 Å². The molecule has 1 aromatic rings. The van der Waals surface area contributed by atoms with Gasteiger partial charge in [-0.3, -0.25) is 0 Å². The lowest BCUT2D eigenvalue weighted by Gasteiger charge is -2.12. The first kappa shape index (κ1) is 9.89. The van der Waals surface area contributed by atoms with Gasteiger partial charge in [0.25, 0.3) is 0 Å². The van der Waals surface area contributed by atoms with Crippen molar-refractivity contribution in [3.8, 4) is 5.75 Å². The van der Waals surface area contributed by atoms with E-state index in [2.05, 4.69) is 4.74 Å². The minimum absolute atomic E-state index is 0.132. The van der Waals surface area contributed by atoms with Crippen LogP contribution < -0.4 is 4.74 Å². The van der Waals surface area contributed by atoms with Crippen molar-refractivity contribution < 1.29 is 17.9 Å². The number of aryl methyl sites for hydroxylation is 1. The highest BCUT2D eigenvalue weighted by atomic mass is 19.4. The van der Waals surface area contributed by atoms with Gasteiger partial charge in [-0.05, 0) is 31.0 Å². The lowest BCUT2D eigenvalue weighted by Crippen LogP contribution is -2.17. The number of halogens is 3. The molecule has 1 aromatic carbocycles. The second kappa shape index (κ2) is 3.28. The Labute approximate surface area is 74.1 Å². The first-order valence-corrected chi connectivity index (χ1v) is 3.72. The predicted octanol–water partition coefficient (Wildman–Crippen LogP) is 3.20. The SMILES string of the molecule is Cc1cccc(OC(F)(F)F)c1C. The van der Waals surface area contributed by atoms with Gasteiger partial charge < -0.3 is 4.74 Å². The molecule has 0 saturated carbocycles. The van der Waals surface area contributed by atoms with Crippen LogP contribution in [0.4, 0.5) is 13.2 Å². The first-order valence-electron chi connectivity index (χ1n) is 3.72. The molecular formula is C9H9F3O. The summed E-state index contributed by atoms with van der Waals surface area (Å²) in [5.74, 6) is -0.132. The molecule has 72 valence electrons. The third-order valence-electron chi connectivity index (χ3n) is 1.78. The van der Waals surface area contributed by atoms with E-state index in [9.17, 15) is 13.2 Å². The van der Waals surface area contributed by atoms with E-state index in [1.165, 1.54) is 12.1 Å². The van der Waals surface area contributed by atoms with Crippen LogP contribution in [0, 0.1) is 13.8 Å². The fourth-order valence-corrected chi connectivity index (χ4v) is 0.959. The second-order valence-electron chi connectivity index (χ2n) is 2.75. The molecule has 0 amide bonds. The number of ether oxygens (including phenoxy) is 1. The Morgan fingerprint density at radius 1 is 1.15 bits per heavy atom. The molecule has 0 aliphatic carbocycles. The van der Waals surface area contributed by atoms with E-state index in [0.717, 1.165) is 5.56 Å². The topological polar surface area (TPSA) is 9.23 Å². The van der Waals surface area contributed by atoms with Crippen LogP contribution in [0.3, 0.4) is 0 Å². The third-order valence-corrected chi connectivity index (χ3v) is 1.78. The number of alkyl halides is 3. The molecule has 0 saturated heterocycles. The van der Waals surface area contributed by atoms with Crippen LogP contribution in [0.5, 0.6) is 5.75 Å². The highest BCUT2D eigenvalue weighted by Crippen LogP contribution is 2.27. The molecule has 0 aromatic heterocycles. The summed E-state index contributed by atoms with van der Waals surface area (Å²) in [6.07, 6.45) is -4.61. The Bertz CT molecular complexity index is 304. The fourth-order valence-electron chi connectivity index (χ4n) is 0.959. The van der Waals surface area contributed by atoms with Crippen molar-refractivity contribution >= 4 is 0 Å². The fraction of sp³-hybridized carbons (Fsp3) is 0.333. The van der Waals surface area contributed by atoms with E-state index in [4.69, 9.17) is 0 Å². The molecule has 0 N–H and O–H groups in total. The highest BCUT2D eigenvalue weighted by Gasteiger charge is 2.31. The van der Waals surface area contributed by atoms with Gasteiger partial charge in [0.15, 0.2) is 0 Å². The monoisotopic (exact) mass is 190 g/mol. The summed E-state index contributed by atoms with van der Waals surface area (Å²) in [5, 5.41) is 0. The van der Waals surface area contributed by atoms with Crippen LogP contribution in [0.2, 0.25) is 0 Å². The average molecular weight is 190 g/mol. The molecule has 0 fully saturated rings. The Kier molecular flexibility index (Phi) is 2.50. The summed E-state index contributed by atoms with van der Waals surface area (Å²) >= 11 is 0. The Morgan fingerprint density at radius 3 is 2.31 bits per heavy atom. The van der Waals surface area contributed by atoms with Gasteiger partial charge in [-0.1, -0.05) is 12.1 Å². The van der Waals surface area contributed by atoms with E-state index in [1.54, 1.807) is 19.9 Å². The van der Waals surface area contributed by atoms with Crippen LogP contribution in [-0.4, -0.2) is 6.36 Å². The molecular weight excluding hydrogens is 181 g/mol. The molecule has 0 spiro atoms. The van der Waals surface area contributed by atoms with Crippen molar-refractivity contribution in [2.45, 2.75) is 20.2 Å². The Hall–Kier alpha value is -1.19. The molecule has 0 aliphatic rings.